The number of aromatic nitrogens is 3. The average Bonchev–Trinajstić information content (AvgIpc) is 3.21. The highest BCUT2D eigenvalue weighted by Gasteiger charge is 2.29. The van der Waals surface area contributed by atoms with Crippen molar-refractivity contribution in [2.45, 2.75) is 25.7 Å². The molecule has 6 nitrogen and oxygen atoms in total. The molecule has 0 saturated heterocycles. The predicted molar refractivity (Wildman–Crippen MR) is 120 cm³/mol. The molecule has 0 bridgehead atoms. The van der Waals surface area contributed by atoms with Gasteiger partial charge >= 0.3 is 0 Å². The van der Waals surface area contributed by atoms with Crippen LogP contribution in [-0.2, 0) is 11.8 Å². The molecule has 0 aliphatic carbocycles. The molecule has 0 atom stereocenters. The summed E-state index contributed by atoms with van der Waals surface area (Å²) in [5.41, 5.74) is 8.37. The van der Waals surface area contributed by atoms with Crippen LogP contribution in [0.3, 0.4) is 0 Å². The highest BCUT2D eigenvalue weighted by molar-refractivity contribution is 6.30. The van der Waals surface area contributed by atoms with Crippen molar-refractivity contribution in [1.82, 2.24) is 15.2 Å². The van der Waals surface area contributed by atoms with Crippen LogP contribution in [0.4, 0.5) is 0 Å². The van der Waals surface area contributed by atoms with E-state index in [9.17, 15) is 4.79 Å². The van der Waals surface area contributed by atoms with Gasteiger partial charge in [-0.1, -0.05) is 61.8 Å². The molecule has 1 amide bonds. The molecule has 7 heteroatoms. The molecule has 4 aromatic rings. The lowest BCUT2D eigenvalue weighted by molar-refractivity contribution is 0.0993. The van der Waals surface area contributed by atoms with E-state index in [1.807, 2.05) is 68.4 Å². The Morgan fingerprint density at radius 3 is 2.45 bits per heavy atom. The summed E-state index contributed by atoms with van der Waals surface area (Å²) in [7, 11) is 0. The minimum absolute atomic E-state index is 0.213. The molecule has 0 saturated carbocycles. The number of amides is 1. The molecule has 0 fully saturated rings. The first-order valence-electron chi connectivity index (χ1n) is 9.78. The van der Waals surface area contributed by atoms with Crippen LogP contribution < -0.4 is 5.73 Å². The molecule has 2 heterocycles. The topological polar surface area (TPSA) is 94.9 Å². The third kappa shape index (κ3) is 4.49. The van der Waals surface area contributed by atoms with Crippen LogP contribution in [0, 0.1) is 0 Å². The van der Waals surface area contributed by atoms with Gasteiger partial charge < -0.3 is 10.2 Å². The maximum atomic E-state index is 12.2. The van der Waals surface area contributed by atoms with E-state index in [1.54, 1.807) is 12.1 Å². The number of primary amides is 1. The summed E-state index contributed by atoms with van der Waals surface area (Å²) in [6.07, 6.45) is 0.422. The Morgan fingerprint density at radius 2 is 1.74 bits per heavy atom. The van der Waals surface area contributed by atoms with Gasteiger partial charge in [-0.05, 0) is 35.9 Å². The lowest BCUT2D eigenvalue weighted by Gasteiger charge is -2.25. The first kappa shape index (κ1) is 20.8. The van der Waals surface area contributed by atoms with Gasteiger partial charge in [0.05, 0.1) is 5.69 Å². The first-order chi connectivity index (χ1) is 14.8. The van der Waals surface area contributed by atoms with Gasteiger partial charge in [0, 0.05) is 28.0 Å². The SMILES string of the molecule is CC(C)(Cc1nnc(-c2ccccc2)o1)c1ccc(-c2cccc(Cl)c2)nc1C(N)=O. The molecule has 4 rings (SSSR count). The summed E-state index contributed by atoms with van der Waals surface area (Å²) in [6.45, 7) is 3.98. The van der Waals surface area contributed by atoms with Crippen molar-refractivity contribution in [3.05, 3.63) is 88.9 Å². The minimum Gasteiger partial charge on any atom is -0.421 e. The van der Waals surface area contributed by atoms with Crippen molar-refractivity contribution >= 4 is 17.5 Å². The molecule has 2 aromatic carbocycles. The third-order valence-corrected chi connectivity index (χ3v) is 5.29. The Hall–Kier alpha value is -3.51. The number of hydrogen-bond donors (Lipinski definition) is 1. The van der Waals surface area contributed by atoms with Gasteiger partial charge in [0.2, 0.25) is 11.8 Å². The quantitative estimate of drug-likeness (QED) is 0.458. The Morgan fingerprint density at radius 1 is 1.00 bits per heavy atom. The molecule has 31 heavy (non-hydrogen) atoms. The monoisotopic (exact) mass is 432 g/mol. The number of carbonyl (C=O) groups excluding carboxylic acids is 1. The van der Waals surface area contributed by atoms with Gasteiger partial charge in [0.15, 0.2) is 0 Å². The van der Waals surface area contributed by atoms with Crippen LogP contribution in [0.1, 0.15) is 35.8 Å². The number of nitrogens with two attached hydrogens (primary N) is 1. The van der Waals surface area contributed by atoms with Crippen LogP contribution in [0.25, 0.3) is 22.7 Å². The van der Waals surface area contributed by atoms with Crippen LogP contribution in [-0.4, -0.2) is 21.1 Å². The summed E-state index contributed by atoms with van der Waals surface area (Å²) in [4.78, 5) is 16.8. The first-order valence-corrected chi connectivity index (χ1v) is 10.2. The van der Waals surface area contributed by atoms with Gasteiger partial charge in [0.25, 0.3) is 5.91 Å². The smallest absolute Gasteiger partial charge is 0.267 e. The number of hydrogen-bond acceptors (Lipinski definition) is 5. The average molecular weight is 433 g/mol. The van der Waals surface area contributed by atoms with Gasteiger partial charge in [-0.15, -0.1) is 10.2 Å². The van der Waals surface area contributed by atoms with Crippen molar-refractivity contribution < 1.29 is 9.21 Å². The number of benzene rings is 2. The fourth-order valence-electron chi connectivity index (χ4n) is 3.50. The van der Waals surface area contributed by atoms with Crippen LogP contribution in [0.2, 0.25) is 5.02 Å². The molecule has 2 N–H and O–H groups in total. The summed E-state index contributed by atoms with van der Waals surface area (Å²) in [5, 5.41) is 8.92. The number of nitrogens with zero attached hydrogens (tertiary/aromatic N) is 3. The number of rotatable bonds is 6. The molecule has 0 aliphatic rings. The lowest BCUT2D eigenvalue weighted by Crippen LogP contribution is -2.27. The zero-order valence-corrected chi connectivity index (χ0v) is 17.9. The lowest BCUT2D eigenvalue weighted by atomic mass is 9.80. The van der Waals surface area contributed by atoms with E-state index in [0.717, 1.165) is 11.1 Å². The second kappa shape index (κ2) is 8.32. The molecule has 2 aromatic heterocycles. The fraction of sp³-hybridized carbons (Fsp3) is 0.167. The van der Waals surface area contributed by atoms with Crippen LogP contribution in [0.5, 0.6) is 0 Å². The molecule has 0 spiro atoms. The number of halogens is 1. The van der Waals surface area contributed by atoms with E-state index in [1.165, 1.54) is 0 Å². The molecule has 0 aliphatic heterocycles. The fourth-order valence-corrected chi connectivity index (χ4v) is 3.69. The number of carbonyl (C=O) groups is 1. The van der Waals surface area contributed by atoms with E-state index in [2.05, 4.69) is 15.2 Å². The highest BCUT2D eigenvalue weighted by atomic mass is 35.5. The second-order valence-corrected chi connectivity index (χ2v) is 8.33. The largest absolute Gasteiger partial charge is 0.421 e. The van der Waals surface area contributed by atoms with Crippen molar-refractivity contribution in [2.75, 3.05) is 0 Å². The Labute approximate surface area is 185 Å². The van der Waals surface area contributed by atoms with E-state index < -0.39 is 11.3 Å². The zero-order valence-electron chi connectivity index (χ0n) is 17.2. The minimum atomic E-state index is -0.595. The third-order valence-electron chi connectivity index (χ3n) is 5.06. The summed E-state index contributed by atoms with van der Waals surface area (Å²) in [6, 6.07) is 20.6. The van der Waals surface area contributed by atoms with Crippen LogP contribution in [0.15, 0.2) is 71.1 Å². The summed E-state index contributed by atoms with van der Waals surface area (Å²) >= 11 is 6.09. The van der Waals surface area contributed by atoms with Crippen molar-refractivity contribution in [2.24, 2.45) is 5.73 Å². The Balaban J connectivity index is 1.66. The summed E-state index contributed by atoms with van der Waals surface area (Å²) in [5.74, 6) is 0.330. The van der Waals surface area contributed by atoms with Crippen molar-refractivity contribution in [3.63, 3.8) is 0 Å². The second-order valence-electron chi connectivity index (χ2n) is 7.89. The zero-order chi connectivity index (χ0) is 22.0. The van der Waals surface area contributed by atoms with Gasteiger partial charge in [-0.2, -0.15) is 0 Å². The van der Waals surface area contributed by atoms with Crippen molar-refractivity contribution in [3.8, 4) is 22.7 Å². The van der Waals surface area contributed by atoms with E-state index in [0.29, 0.717) is 34.5 Å². The molecular formula is C24H21ClN4O2. The van der Waals surface area contributed by atoms with Gasteiger partial charge in [0.1, 0.15) is 5.69 Å². The van der Waals surface area contributed by atoms with Crippen molar-refractivity contribution in [1.29, 1.82) is 0 Å². The standard InChI is InChI=1S/C24H21ClN4O2/c1-24(2,14-20-28-29-23(31-20)15-7-4-3-5-8-15)18-11-12-19(27-21(18)22(26)30)16-9-6-10-17(25)13-16/h3-13H,14H2,1-2H3,(H2,26,30). The maximum Gasteiger partial charge on any atom is 0.267 e. The molecule has 0 radical (unpaired) electrons. The Bertz CT molecular complexity index is 1240. The summed E-state index contributed by atoms with van der Waals surface area (Å²) < 4.78 is 5.86. The normalized spacial score (nSPS) is 11.5. The molecule has 156 valence electrons. The van der Waals surface area contributed by atoms with Gasteiger partial charge in [-0.3, -0.25) is 4.79 Å². The maximum absolute atomic E-state index is 12.2. The van der Waals surface area contributed by atoms with Crippen LogP contribution >= 0.6 is 11.6 Å². The molecular weight excluding hydrogens is 412 g/mol. The molecule has 0 unspecified atom stereocenters. The highest BCUT2D eigenvalue weighted by Crippen LogP contribution is 2.32. The predicted octanol–water partition coefficient (Wildman–Crippen LogP) is 5.07. The van der Waals surface area contributed by atoms with E-state index >= 15 is 0 Å². The Kier molecular flexibility index (Phi) is 5.57. The van der Waals surface area contributed by atoms with Gasteiger partial charge in [-0.25, -0.2) is 4.98 Å². The van der Waals surface area contributed by atoms with E-state index in [4.69, 9.17) is 21.8 Å². The number of pyridine rings is 1. The van der Waals surface area contributed by atoms with E-state index in [-0.39, 0.29) is 5.69 Å².